The molecule has 0 saturated heterocycles. The maximum atomic E-state index is 9.87. The Hall–Kier alpha value is -0.820. The van der Waals surface area contributed by atoms with Crippen molar-refractivity contribution in [2.45, 2.75) is 39.0 Å². The van der Waals surface area contributed by atoms with Crippen molar-refractivity contribution in [1.82, 2.24) is 0 Å². The molecular weight excluding hydrogens is 488 g/mol. The van der Waals surface area contributed by atoms with E-state index >= 15 is 0 Å². The number of benzene rings is 2. The standard InChI is InChI=1S/C18H22I.F6P/c1-2-3-4-6-9-16-12-14-18(15-13-16)19-17-10-7-5-8-11-17;1-7(2,3,4,5)6/h5,7-8,10-15H,2-4,6,9H2,1H3;/q+1;-1. The molecule has 0 heterocycles. The van der Waals surface area contributed by atoms with Crippen LogP contribution in [0.1, 0.15) is 38.2 Å². The van der Waals surface area contributed by atoms with Gasteiger partial charge in [0.2, 0.25) is 0 Å². The van der Waals surface area contributed by atoms with E-state index in [0.717, 1.165) is 0 Å². The molecular formula is C18H22F6IP. The molecule has 2 aromatic rings. The molecule has 0 fully saturated rings. The molecule has 148 valence electrons. The van der Waals surface area contributed by atoms with Gasteiger partial charge in [-0.05, 0) is 42.7 Å². The van der Waals surface area contributed by atoms with Crippen molar-refractivity contribution in [1.29, 1.82) is 0 Å². The monoisotopic (exact) mass is 510 g/mol. The second-order valence-electron chi connectivity index (χ2n) is 5.79. The number of hydrogen-bond acceptors (Lipinski definition) is 0. The second-order valence-corrected chi connectivity index (χ2v) is 10.7. The number of unbranched alkanes of at least 4 members (excludes halogenated alkanes) is 3. The number of aryl methyl sites for hydroxylation is 1. The molecule has 2 rings (SSSR count). The molecule has 0 amide bonds. The summed E-state index contributed by atoms with van der Waals surface area (Å²) in [5.74, 6) is 0. The second kappa shape index (κ2) is 8.91. The van der Waals surface area contributed by atoms with E-state index in [1.807, 2.05) is 0 Å². The van der Waals surface area contributed by atoms with Crippen LogP contribution in [0.25, 0.3) is 0 Å². The van der Waals surface area contributed by atoms with Crippen molar-refractivity contribution < 1.29 is 46.4 Å². The van der Waals surface area contributed by atoms with E-state index in [1.165, 1.54) is 44.8 Å². The zero-order chi connectivity index (χ0) is 19.7. The van der Waals surface area contributed by atoms with Crippen LogP contribution in [0.15, 0.2) is 54.6 Å². The predicted molar refractivity (Wildman–Crippen MR) is 91.7 cm³/mol. The fraction of sp³-hybridized carbons (Fsp3) is 0.333. The Morgan fingerprint density at radius 3 is 1.69 bits per heavy atom. The van der Waals surface area contributed by atoms with Gasteiger partial charge in [0.15, 0.2) is 7.14 Å². The Balaban J connectivity index is 0.000000412. The van der Waals surface area contributed by atoms with Crippen molar-refractivity contribution in [3.8, 4) is 0 Å². The van der Waals surface area contributed by atoms with Crippen LogP contribution in [0, 0.1) is 7.14 Å². The van der Waals surface area contributed by atoms with Gasteiger partial charge in [-0.25, -0.2) is 0 Å². The van der Waals surface area contributed by atoms with Gasteiger partial charge in [0, 0.05) is 0 Å². The van der Waals surface area contributed by atoms with E-state index in [2.05, 4.69) is 61.5 Å². The molecule has 0 nitrogen and oxygen atoms in total. The van der Waals surface area contributed by atoms with Gasteiger partial charge < -0.3 is 0 Å². The fourth-order valence-corrected chi connectivity index (χ4v) is 4.29. The quantitative estimate of drug-likeness (QED) is 0.205. The van der Waals surface area contributed by atoms with Gasteiger partial charge in [-0.2, -0.15) is 0 Å². The summed E-state index contributed by atoms with van der Waals surface area (Å²) in [5, 5.41) is 0. The maximum absolute atomic E-state index is 10.7. The Kier molecular flexibility index (Phi) is 7.96. The molecule has 0 aliphatic heterocycles. The van der Waals surface area contributed by atoms with E-state index < -0.39 is 7.81 Å². The van der Waals surface area contributed by atoms with Gasteiger partial charge in [-0.15, -0.1) is 0 Å². The molecule has 0 spiro atoms. The van der Waals surface area contributed by atoms with Crippen LogP contribution in [0.3, 0.4) is 0 Å². The molecule has 26 heavy (non-hydrogen) atoms. The third-order valence-corrected chi connectivity index (χ3v) is 5.87. The van der Waals surface area contributed by atoms with Crippen LogP contribution in [-0.2, 0) is 6.42 Å². The van der Waals surface area contributed by atoms with Gasteiger partial charge in [0.05, 0.1) is 0 Å². The first kappa shape index (κ1) is 23.2. The Bertz CT molecular complexity index is 642. The zero-order valence-electron chi connectivity index (χ0n) is 14.3. The molecule has 0 aliphatic carbocycles. The van der Waals surface area contributed by atoms with Gasteiger partial charge >= 0.3 is 54.2 Å². The van der Waals surface area contributed by atoms with Gasteiger partial charge in [0.25, 0.3) is 0 Å². The number of hydrogen-bond donors (Lipinski definition) is 0. The third-order valence-electron chi connectivity index (χ3n) is 3.18. The van der Waals surface area contributed by atoms with Crippen molar-refractivity contribution in [2.75, 3.05) is 0 Å². The summed E-state index contributed by atoms with van der Waals surface area (Å²) in [6.45, 7) is 2.27. The summed E-state index contributed by atoms with van der Waals surface area (Å²) in [6.07, 6.45) is 6.64. The minimum atomic E-state index is -10.7. The van der Waals surface area contributed by atoms with Crippen molar-refractivity contribution in [3.63, 3.8) is 0 Å². The average molecular weight is 510 g/mol. The fourth-order valence-electron chi connectivity index (χ4n) is 2.07. The predicted octanol–water partition coefficient (Wildman–Crippen LogP) is 5.32. The normalized spacial score (nSPS) is 14.0. The van der Waals surface area contributed by atoms with Crippen LogP contribution in [-0.4, -0.2) is 0 Å². The Labute approximate surface area is 160 Å². The summed E-state index contributed by atoms with van der Waals surface area (Å²) >= 11 is -0.00366. The van der Waals surface area contributed by atoms with Crippen LogP contribution < -0.4 is 21.2 Å². The minimum absolute atomic E-state index is 0.00366. The van der Waals surface area contributed by atoms with Crippen molar-refractivity contribution in [3.05, 3.63) is 67.3 Å². The van der Waals surface area contributed by atoms with Crippen LogP contribution in [0.5, 0.6) is 0 Å². The van der Waals surface area contributed by atoms with E-state index in [-0.39, 0.29) is 21.2 Å². The molecule has 8 heteroatoms. The summed E-state index contributed by atoms with van der Waals surface area (Å²) in [5.41, 5.74) is 1.50. The molecule has 0 unspecified atom stereocenters. The van der Waals surface area contributed by atoms with Gasteiger partial charge in [0.1, 0.15) is 0 Å². The van der Waals surface area contributed by atoms with Gasteiger partial charge in [-0.1, -0.05) is 56.5 Å². The Morgan fingerprint density at radius 2 is 1.19 bits per heavy atom. The first-order valence-corrected chi connectivity index (χ1v) is 12.4. The van der Waals surface area contributed by atoms with Crippen LogP contribution in [0.4, 0.5) is 25.2 Å². The Morgan fingerprint density at radius 1 is 0.692 bits per heavy atom. The molecule has 2 aromatic carbocycles. The van der Waals surface area contributed by atoms with E-state index in [1.54, 1.807) is 0 Å². The topological polar surface area (TPSA) is 0 Å². The molecule has 0 saturated carbocycles. The van der Waals surface area contributed by atoms with E-state index in [9.17, 15) is 25.2 Å². The summed E-state index contributed by atoms with van der Waals surface area (Å²) in [6, 6.07) is 20.2. The summed E-state index contributed by atoms with van der Waals surface area (Å²) in [7, 11) is -10.7. The number of halogens is 7. The third kappa shape index (κ3) is 15.4. The molecule has 0 N–H and O–H groups in total. The average Bonchev–Trinajstić information content (AvgIpc) is 2.51. The molecule has 0 aromatic heterocycles. The first-order chi connectivity index (χ1) is 11.8. The summed E-state index contributed by atoms with van der Waals surface area (Å²) in [4.78, 5) is 0. The first-order valence-electron chi connectivity index (χ1n) is 8.18. The molecule has 0 bridgehead atoms. The number of rotatable bonds is 7. The van der Waals surface area contributed by atoms with E-state index in [0.29, 0.717) is 0 Å². The van der Waals surface area contributed by atoms with Crippen LogP contribution >= 0.6 is 7.81 Å². The van der Waals surface area contributed by atoms with Gasteiger partial charge in [-0.3, -0.25) is 0 Å². The summed E-state index contributed by atoms with van der Waals surface area (Å²) < 4.78 is 62.2. The van der Waals surface area contributed by atoms with E-state index in [4.69, 9.17) is 0 Å². The van der Waals surface area contributed by atoms with Crippen molar-refractivity contribution in [2.24, 2.45) is 0 Å². The van der Waals surface area contributed by atoms with Crippen molar-refractivity contribution >= 4 is 7.81 Å². The molecule has 0 aliphatic rings. The zero-order valence-corrected chi connectivity index (χ0v) is 17.4. The van der Waals surface area contributed by atoms with Crippen LogP contribution in [0.2, 0.25) is 0 Å². The SMILES string of the molecule is CCCCCCc1ccc([I+]c2ccccc2)cc1.F[P-](F)(F)(F)(F)F. The molecule has 0 radical (unpaired) electrons. The molecule has 0 atom stereocenters.